The van der Waals surface area contributed by atoms with Crippen molar-refractivity contribution in [2.24, 2.45) is 0 Å². The fraction of sp³-hybridized carbons (Fsp3) is 0.519. The van der Waals surface area contributed by atoms with E-state index in [0.29, 0.717) is 38.2 Å². The maximum absolute atomic E-state index is 14.2. The SMILES string of the molecule is COCC(=O)N1CCN(CC2(O)CCN(c3ccccc3F)CC2)C[C@@](O)(COc2cccc(F)c2F)C1. The van der Waals surface area contributed by atoms with Crippen molar-refractivity contribution in [3.63, 3.8) is 0 Å². The van der Waals surface area contributed by atoms with Crippen LogP contribution in [0.5, 0.6) is 5.75 Å². The molecule has 8 nitrogen and oxygen atoms in total. The Morgan fingerprint density at radius 2 is 1.63 bits per heavy atom. The number of hydrogen-bond acceptors (Lipinski definition) is 7. The molecule has 1 amide bonds. The summed E-state index contributed by atoms with van der Waals surface area (Å²) in [5, 5.41) is 22.9. The van der Waals surface area contributed by atoms with Crippen LogP contribution >= 0.6 is 0 Å². The van der Waals surface area contributed by atoms with Gasteiger partial charge in [0, 0.05) is 46.4 Å². The molecule has 2 aliphatic heterocycles. The third-order valence-corrected chi connectivity index (χ3v) is 7.13. The Kier molecular flexibility index (Phi) is 8.81. The molecule has 0 aliphatic carbocycles. The highest BCUT2D eigenvalue weighted by molar-refractivity contribution is 5.77. The zero-order valence-corrected chi connectivity index (χ0v) is 21.4. The standard InChI is InChI=1S/C27H34F3N3O5/c1-37-15-24(34)33-14-13-31(17-27(36,18-33)19-38-23-8-4-6-21(29)25(23)30)16-26(35)9-11-32(12-10-26)22-7-3-2-5-20(22)28/h2-8,35-36H,9-19H2,1H3/t27-/m0/s1. The molecule has 0 aromatic heterocycles. The number of rotatable bonds is 8. The van der Waals surface area contributed by atoms with Crippen LogP contribution < -0.4 is 9.64 Å². The van der Waals surface area contributed by atoms with Crippen molar-refractivity contribution >= 4 is 11.6 Å². The summed E-state index contributed by atoms with van der Waals surface area (Å²) in [5.41, 5.74) is -2.24. The molecule has 2 aromatic carbocycles. The van der Waals surface area contributed by atoms with E-state index < -0.39 is 29.4 Å². The van der Waals surface area contributed by atoms with E-state index in [-0.39, 0.29) is 50.3 Å². The van der Waals surface area contributed by atoms with E-state index in [1.807, 2.05) is 9.80 Å². The summed E-state index contributed by atoms with van der Waals surface area (Å²) in [5.74, 6) is -3.22. The largest absolute Gasteiger partial charge is 0.487 e. The van der Waals surface area contributed by atoms with Crippen LogP contribution in [0.3, 0.4) is 0 Å². The van der Waals surface area contributed by atoms with Gasteiger partial charge in [0.25, 0.3) is 0 Å². The fourth-order valence-electron chi connectivity index (χ4n) is 5.15. The van der Waals surface area contributed by atoms with Crippen LogP contribution in [0, 0.1) is 17.5 Å². The van der Waals surface area contributed by atoms with Crippen LogP contribution in [0.15, 0.2) is 42.5 Å². The van der Waals surface area contributed by atoms with E-state index in [1.165, 1.54) is 30.2 Å². The van der Waals surface area contributed by atoms with Crippen LogP contribution in [0.4, 0.5) is 18.9 Å². The molecule has 208 valence electrons. The zero-order valence-electron chi connectivity index (χ0n) is 21.4. The molecule has 38 heavy (non-hydrogen) atoms. The van der Waals surface area contributed by atoms with Gasteiger partial charge in [-0.2, -0.15) is 4.39 Å². The molecule has 2 aromatic rings. The van der Waals surface area contributed by atoms with Crippen molar-refractivity contribution < 1.29 is 37.7 Å². The number of aliphatic hydroxyl groups is 2. The normalized spacial score (nSPS) is 22.3. The van der Waals surface area contributed by atoms with E-state index >= 15 is 0 Å². The lowest BCUT2D eigenvalue weighted by Gasteiger charge is -2.42. The lowest BCUT2D eigenvalue weighted by atomic mass is 9.90. The molecule has 2 N–H and O–H groups in total. The predicted molar refractivity (Wildman–Crippen MR) is 134 cm³/mol. The maximum Gasteiger partial charge on any atom is 0.248 e. The van der Waals surface area contributed by atoms with Gasteiger partial charge in [0.15, 0.2) is 11.6 Å². The van der Waals surface area contributed by atoms with E-state index in [2.05, 4.69) is 0 Å². The first-order valence-corrected chi connectivity index (χ1v) is 12.6. The molecule has 2 saturated heterocycles. The second-order valence-corrected chi connectivity index (χ2v) is 10.2. The minimum absolute atomic E-state index is 0.0278. The van der Waals surface area contributed by atoms with E-state index in [9.17, 15) is 28.2 Å². The second-order valence-electron chi connectivity index (χ2n) is 10.2. The Morgan fingerprint density at radius 3 is 2.34 bits per heavy atom. The van der Waals surface area contributed by atoms with Gasteiger partial charge in [-0.15, -0.1) is 0 Å². The number of nitrogens with zero attached hydrogens (tertiary/aromatic N) is 3. The molecule has 0 radical (unpaired) electrons. The summed E-state index contributed by atoms with van der Waals surface area (Å²) < 4.78 is 52.5. The minimum atomic E-state index is -1.64. The number of benzene rings is 2. The van der Waals surface area contributed by atoms with Crippen molar-refractivity contribution in [3.05, 3.63) is 59.9 Å². The van der Waals surface area contributed by atoms with Crippen LogP contribution in [0.1, 0.15) is 12.8 Å². The molecular formula is C27H34F3N3O5. The second kappa shape index (κ2) is 11.9. The van der Waals surface area contributed by atoms with Gasteiger partial charge in [-0.1, -0.05) is 18.2 Å². The van der Waals surface area contributed by atoms with Gasteiger partial charge >= 0.3 is 0 Å². The number of ether oxygens (including phenoxy) is 2. The van der Waals surface area contributed by atoms with Crippen LogP contribution in [0.2, 0.25) is 0 Å². The van der Waals surface area contributed by atoms with Crippen molar-refractivity contribution in [3.8, 4) is 5.75 Å². The van der Waals surface area contributed by atoms with Gasteiger partial charge in [0.05, 0.1) is 17.8 Å². The number of para-hydroxylation sites is 1. The monoisotopic (exact) mass is 537 g/mol. The molecule has 2 heterocycles. The smallest absolute Gasteiger partial charge is 0.248 e. The minimum Gasteiger partial charge on any atom is -0.487 e. The molecule has 0 saturated carbocycles. The van der Waals surface area contributed by atoms with Crippen LogP contribution in [0.25, 0.3) is 0 Å². The van der Waals surface area contributed by atoms with E-state index in [0.717, 1.165) is 6.07 Å². The van der Waals surface area contributed by atoms with Gasteiger partial charge in [-0.05, 0) is 37.1 Å². The summed E-state index contributed by atoms with van der Waals surface area (Å²) in [4.78, 5) is 17.8. The van der Waals surface area contributed by atoms with Gasteiger partial charge in [0.2, 0.25) is 11.7 Å². The third-order valence-electron chi connectivity index (χ3n) is 7.13. The summed E-state index contributed by atoms with van der Waals surface area (Å²) in [7, 11) is 1.40. The highest BCUT2D eigenvalue weighted by atomic mass is 19.2. The molecule has 4 rings (SSSR count). The Hall–Kier alpha value is -2.86. The molecule has 2 fully saturated rings. The molecule has 0 spiro atoms. The Balaban J connectivity index is 1.45. The van der Waals surface area contributed by atoms with Gasteiger partial charge in [-0.3, -0.25) is 9.69 Å². The van der Waals surface area contributed by atoms with Gasteiger partial charge in [-0.25, -0.2) is 8.78 Å². The molecule has 0 unspecified atom stereocenters. The number of methoxy groups -OCH3 is 1. The van der Waals surface area contributed by atoms with Gasteiger partial charge < -0.3 is 29.5 Å². The lowest BCUT2D eigenvalue weighted by molar-refractivity contribution is -0.138. The topological polar surface area (TPSA) is 85.7 Å². The molecule has 1 atom stereocenters. The van der Waals surface area contributed by atoms with E-state index in [1.54, 1.807) is 18.2 Å². The van der Waals surface area contributed by atoms with Crippen molar-refractivity contribution in [2.75, 3.05) is 71.0 Å². The summed E-state index contributed by atoms with van der Waals surface area (Å²) in [6, 6.07) is 10.0. The first kappa shape index (κ1) is 28.2. The molecule has 11 heteroatoms. The van der Waals surface area contributed by atoms with Crippen LogP contribution in [-0.2, 0) is 9.53 Å². The quantitative estimate of drug-likeness (QED) is 0.533. The number of halogens is 3. The first-order valence-electron chi connectivity index (χ1n) is 12.6. The summed E-state index contributed by atoms with van der Waals surface area (Å²) >= 11 is 0. The number of piperidine rings is 1. The lowest BCUT2D eigenvalue weighted by Crippen LogP contribution is -2.56. The summed E-state index contributed by atoms with van der Waals surface area (Å²) in [6.07, 6.45) is 0.765. The highest BCUT2D eigenvalue weighted by Crippen LogP contribution is 2.30. The number of β-amino-alcohol motifs (C(OH)–C–C–N with tert-alkyl or cyclic N) is 2. The Labute approximate surface area is 220 Å². The number of anilines is 1. The van der Waals surface area contributed by atoms with Crippen molar-refractivity contribution in [2.45, 2.75) is 24.0 Å². The number of carbonyl (C=O) groups excluding carboxylic acids is 1. The average molecular weight is 538 g/mol. The molecular weight excluding hydrogens is 503 g/mol. The van der Waals surface area contributed by atoms with E-state index in [4.69, 9.17) is 9.47 Å². The van der Waals surface area contributed by atoms with Crippen LogP contribution in [-0.4, -0.2) is 103 Å². The summed E-state index contributed by atoms with van der Waals surface area (Å²) in [6.45, 7) is 1.10. The number of hydrogen-bond donors (Lipinski definition) is 2. The highest BCUT2D eigenvalue weighted by Gasteiger charge is 2.41. The van der Waals surface area contributed by atoms with Crippen molar-refractivity contribution in [1.82, 2.24) is 9.80 Å². The average Bonchev–Trinajstić information content (AvgIpc) is 3.04. The maximum atomic E-state index is 14.2. The van der Waals surface area contributed by atoms with Gasteiger partial charge in [0.1, 0.15) is 24.6 Å². The molecule has 2 aliphatic rings. The third kappa shape index (κ3) is 6.76. The fourth-order valence-corrected chi connectivity index (χ4v) is 5.15. The Bertz CT molecular complexity index is 1120. The number of amides is 1. The Morgan fingerprint density at radius 1 is 0.921 bits per heavy atom. The van der Waals surface area contributed by atoms with Crippen molar-refractivity contribution in [1.29, 1.82) is 0 Å². The molecule has 0 bridgehead atoms. The first-order chi connectivity index (χ1) is 18.1. The zero-order chi connectivity index (χ0) is 27.3. The number of carbonyl (C=O) groups is 1. The predicted octanol–water partition coefficient (Wildman–Crippen LogP) is 2.04.